The molecule has 0 spiro atoms. The van der Waals surface area contributed by atoms with Crippen LogP contribution in [0.5, 0.6) is 0 Å². The Labute approximate surface area is 174 Å². The molecule has 3 aromatic heterocycles. The van der Waals surface area contributed by atoms with E-state index in [-0.39, 0.29) is 24.8 Å². The van der Waals surface area contributed by atoms with Crippen LogP contribution < -0.4 is 0 Å². The smallest absolute Gasteiger partial charge is 0.257 e. The highest BCUT2D eigenvalue weighted by Gasteiger charge is 2.26. The Bertz CT molecular complexity index is 942. The zero-order chi connectivity index (χ0) is 21.5. The summed E-state index contributed by atoms with van der Waals surface area (Å²) in [4.78, 5) is 16.9. The maximum absolute atomic E-state index is 12.3. The van der Waals surface area contributed by atoms with Gasteiger partial charge in [0.05, 0.1) is 25.0 Å². The third-order valence-corrected chi connectivity index (χ3v) is 4.77. The maximum Gasteiger partial charge on any atom is 0.257 e. The number of aliphatic hydroxyl groups is 1. The second kappa shape index (κ2) is 10.3. The SMILES string of the molecule is Fc1cccnc1.O=C(CCO)N1Cc2cn(Sc3ccn(CC(F)F)n3)nc2C1. The Balaban J connectivity index is 0.000000310. The van der Waals surface area contributed by atoms with Crippen LogP contribution in [0.25, 0.3) is 0 Å². The molecule has 0 aliphatic carbocycles. The summed E-state index contributed by atoms with van der Waals surface area (Å²) in [6, 6.07) is 4.55. The first-order valence-corrected chi connectivity index (χ1v) is 9.73. The van der Waals surface area contributed by atoms with Crippen molar-refractivity contribution in [1.29, 1.82) is 0 Å². The molecule has 1 amide bonds. The van der Waals surface area contributed by atoms with Gasteiger partial charge in [-0.2, -0.15) is 10.2 Å². The van der Waals surface area contributed by atoms with Crippen molar-refractivity contribution in [2.45, 2.75) is 37.5 Å². The molecule has 30 heavy (non-hydrogen) atoms. The number of aromatic nitrogens is 5. The lowest BCUT2D eigenvalue weighted by atomic mass is 10.3. The minimum Gasteiger partial charge on any atom is -0.396 e. The molecule has 1 aliphatic heterocycles. The van der Waals surface area contributed by atoms with Crippen LogP contribution in [0.3, 0.4) is 0 Å². The molecule has 4 rings (SSSR count). The Morgan fingerprint density at radius 2 is 2.10 bits per heavy atom. The topological polar surface area (TPSA) is 89.1 Å². The fourth-order valence-corrected chi connectivity index (χ4v) is 3.45. The molecule has 1 aliphatic rings. The first kappa shape index (κ1) is 21.8. The van der Waals surface area contributed by atoms with Crippen molar-refractivity contribution < 1.29 is 23.1 Å². The van der Waals surface area contributed by atoms with Crippen LogP contribution in [-0.4, -0.2) is 52.9 Å². The molecule has 0 aromatic carbocycles. The monoisotopic (exact) mass is 440 g/mol. The Kier molecular flexibility index (Phi) is 7.46. The Hall–Kier alpha value is -2.86. The van der Waals surface area contributed by atoms with E-state index in [1.165, 1.54) is 41.3 Å². The summed E-state index contributed by atoms with van der Waals surface area (Å²) in [5.74, 6) is -0.391. The van der Waals surface area contributed by atoms with Crippen LogP contribution in [0.4, 0.5) is 13.2 Å². The summed E-state index contributed by atoms with van der Waals surface area (Å²) in [5.41, 5.74) is 1.74. The average Bonchev–Trinajstić information content (AvgIpc) is 3.38. The number of pyridine rings is 1. The normalized spacial score (nSPS) is 12.6. The van der Waals surface area contributed by atoms with Gasteiger partial charge in [0.1, 0.15) is 17.4 Å². The quantitative estimate of drug-likeness (QED) is 0.633. The molecule has 0 atom stereocenters. The molecule has 0 saturated heterocycles. The second-order valence-electron chi connectivity index (χ2n) is 6.26. The summed E-state index contributed by atoms with van der Waals surface area (Å²) < 4.78 is 39.2. The van der Waals surface area contributed by atoms with E-state index < -0.39 is 13.0 Å². The van der Waals surface area contributed by atoms with Crippen LogP contribution in [-0.2, 0) is 24.4 Å². The van der Waals surface area contributed by atoms with Crippen molar-refractivity contribution in [2.24, 2.45) is 0 Å². The molecule has 4 heterocycles. The lowest BCUT2D eigenvalue weighted by Gasteiger charge is -2.14. The third kappa shape index (κ3) is 6.07. The molecule has 0 fully saturated rings. The van der Waals surface area contributed by atoms with E-state index in [9.17, 15) is 18.0 Å². The number of amides is 1. The van der Waals surface area contributed by atoms with Crippen molar-refractivity contribution in [1.82, 2.24) is 28.9 Å². The van der Waals surface area contributed by atoms with Gasteiger partial charge in [0.2, 0.25) is 5.91 Å². The number of carbonyl (C=O) groups excluding carboxylic acids is 1. The van der Waals surface area contributed by atoms with Gasteiger partial charge in [0.25, 0.3) is 6.43 Å². The van der Waals surface area contributed by atoms with E-state index in [1.807, 2.05) is 0 Å². The minimum atomic E-state index is -2.44. The van der Waals surface area contributed by atoms with Crippen molar-refractivity contribution >= 4 is 17.9 Å². The molecule has 0 bridgehead atoms. The molecular formula is C18H19F3N6O2S. The number of alkyl halides is 2. The van der Waals surface area contributed by atoms with Gasteiger partial charge in [0, 0.05) is 49.1 Å². The van der Waals surface area contributed by atoms with Gasteiger partial charge in [-0.1, -0.05) is 0 Å². The lowest BCUT2D eigenvalue weighted by Crippen LogP contribution is -2.26. The Morgan fingerprint density at radius 1 is 1.27 bits per heavy atom. The van der Waals surface area contributed by atoms with Crippen LogP contribution in [0.2, 0.25) is 0 Å². The standard InChI is InChI=1S/C13H15F2N5O2S.C5H4FN/c14-11(15)8-19-3-1-12(17-19)23-20-6-9-5-18(7-10(9)16-20)13(22)2-4-21;6-5-2-1-3-7-4-5/h1,3,6,11,21H,2,4-5,7-8H2;1-4H. The predicted molar refractivity (Wildman–Crippen MR) is 102 cm³/mol. The highest BCUT2D eigenvalue weighted by molar-refractivity contribution is 7.97. The van der Waals surface area contributed by atoms with Crippen LogP contribution in [0.1, 0.15) is 17.7 Å². The van der Waals surface area contributed by atoms with Gasteiger partial charge in [0.15, 0.2) is 0 Å². The zero-order valence-corrected chi connectivity index (χ0v) is 16.6. The molecule has 3 aromatic rings. The van der Waals surface area contributed by atoms with Crippen LogP contribution >= 0.6 is 11.9 Å². The van der Waals surface area contributed by atoms with E-state index in [0.717, 1.165) is 11.3 Å². The first-order valence-electron chi connectivity index (χ1n) is 8.96. The molecule has 160 valence electrons. The highest BCUT2D eigenvalue weighted by atomic mass is 32.2. The van der Waals surface area contributed by atoms with E-state index >= 15 is 0 Å². The molecule has 1 N–H and O–H groups in total. The highest BCUT2D eigenvalue weighted by Crippen LogP contribution is 2.26. The first-order chi connectivity index (χ1) is 14.4. The number of fused-ring (bicyclic) bond motifs is 1. The predicted octanol–water partition coefficient (Wildman–Crippen LogP) is 2.35. The average molecular weight is 440 g/mol. The lowest BCUT2D eigenvalue weighted by molar-refractivity contribution is -0.132. The number of carbonyl (C=O) groups is 1. The van der Waals surface area contributed by atoms with Gasteiger partial charge < -0.3 is 10.0 Å². The maximum atomic E-state index is 12.3. The van der Waals surface area contributed by atoms with Gasteiger partial charge in [-0.3, -0.25) is 14.5 Å². The van der Waals surface area contributed by atoms with Crippen molar-refractivity contribution in [3.8, 4) is 0 Å². The summed E-state index contributed by atoms with van der Waals surface area (Å²) in [7, 11) is 0. The van der Waals surface area contributed by atoms with Crippen molar-refractivity contribution in [2.75, 3.05) is 6.61 Å². The van der Waals surface area contributed by atoms with Crippen molar-refractivity contribution in [3.05, 3.63) is 60.1 Å². The van der Waals surface area contributed by atoms with Gasteiger partial charge in [-0.05, 0) is 18.2 Å². The van der Waals surface area contributed by atoms with E-state index in [4.69, 9.17) is 5.11 Å². The fraction of sp³-hybridized carbons (Fsp3) is 0.333. The zero-order valence-electron chi connectivity index (χ0n) is 15.7. The molecule has 0 unspecified atom stereocenters. The fourth-order valence-electron chi connectivity index (χ4n) is 2.68. The molecular weight excluding hydrogens is 421 g/mol. The molecule has 0 radical (unpaired) electrons. The number of hydrogen-bond acceptors (Lipinski definition) is 6. The van der Waals surface area contributed by atoms with Gasteiger partial charge >= 0.3 is 0 Å². The summed E-state index contributed by atoms with van der Waals surface area (Å²) in [6.07, 6.45) is 3.67. The minimum absolute atomic E-state index is 0.101. The molecule has 8 nitrogen and oxygen atoms in total. The largest absolute Gasteiger partial charge is 0.396 e. The number of rotatable bonds is 6. The second-order valence-corrected chi connectivity index (χ2v) is 7.23. The van der Waals surface area contributed by atoms with E-state index in [1.54, 1.807) is 27.3 Å². The summed E-state index contributed by atoms with van der Waals surface area (Å²) in [6.45, 7) is 0.290. The number of hydrogen-bond donors (Lipinski definition) is 1. The van der Waals surface area contributed by atoms with E-state index in [2.05, 4.69) is 15.2 Å². The number of aliphatic hydroxyl groups excluding tert-OH is 1. The summed E-state index contributed by atoms with van der Waals surface area (Å²) >= 11 is 1.22. The van der Waals surface area contributed by atoms with Crippen molar-refractivity contribution in [3.63, 3.8) is 0 Å². The van der Waals surface area contributed by atoms with Gasteiger partial charge in [-0.15, -0.1) is 0 Å². The summed E-state index contributed by atoms with van der Waals surface area (Å²) in [5, 5.41) is 17.8. The number of nitrogens with zero attached hydrogens (tertiary/aromatic N) is 6. The van der Waals surface area contributed by atoms with Crippen LogP contribution in [0.15, 0.2) is 48.0 Å². The molecule has 12 heteroatoms. The van der Waals surface area contributed by atoms with E-state index in [0.29, 0.717) is 18.1 Å². The molecule has 0 saturated carbocycles. The van der Waals surface area contributed by atoms with Crippen LogP contribution in [0, 0.1) is 5.82 Å². The Morgan fingerprint density at radius 3 is 2.70 bits per heavy atom. The van der Waals surface area contributed by atoms with Gasteiger partial charge in [-0.25, -0.2) is 17.3 Å². The third-order valence-electron chi connectivity index (χ3n) is 3.99. The number of halogens is 3.